The molecular weight excluding hydrogens is 366 g/mol. The van der Waals surface area contributed by atoms with Crippen molar-refractivity contribution in [3.8, 4) is 39.8 Å². The van der Waals surface area contributed by atoms with Crippen molar-refractivity contribution in [2.75, 3.05) is 14.2 Å². The highest BCUT2D eigenvalue weighted by atomic mass is 16.5. The number of ether oxygens (including phenoxy) is 3. The summed E-state index contributed by atoms with van der Waals surface area (Å²) in [5.74, 6) is 2.85. The van der Waals surface area contributed by atoms with E-state index in [0.717, 1.165) is 28.1 Å². The van der Waals surface area contributed by atoms with Crippen molar-refractivity contribution in [2.24, 2.45) is 0 Å². The van der Waals surface area contributed by atoms with Crippen LogP contribution in [0.2, 0.25) is 0 Å². The molecule has 0 saturated heterocycles. The zero-order chi connectivity index (χ0) is 20.4. The Kier molecular flexibility index (Phi) is 5.08. The number of pyridine rings is 1. The molecule has 0 fully saturated rings. The van der Waals surface area contributed by atoms with E-state index < -0.39 is 0 Å². The molecule has 29 heavy (non-hydrogen) atoms. The van der Waals surface area contributed by atoms with Crippen molar-refractivity contribution < 1.29 is 14.2 Å². The molecule has 2 aromatic carbocycles. The fourth-order valence-electron chi connectivity index (χ4n) is 3.32. The standard InChI is InChI=1S/C23H23N3O3/c1-15(2)29-18-8-5-7-16(13-18)17-11-12-21-24-25-23(26(21)14-17)22-19(27-3)9-6-10-20(22)28-4/h5-15H,1-4H3. The number of hydrogen-bond donors (Lipinski definition) is 0. The molecule has 6 nitrogen and oxygen atoms in total. The molecule has 0 aliphatic carbocycles. The van der Waals surface area contributed by atoms with E-state index in [1.165, 1.54) is 0 Å². The van der Waals surface area contributed by atoms with Gasteiger partial charge in [0.1, 0.15) is 22.8 Å². The van der Waals surface area contributed by atoms with E-state index in [0.29, 0.717) is 17.3 Å². The first-order chi connectivity index (χ1) is 14.1. The van der Waals surface area contributed by atoms with Gasteiger partial charge in [-0.3, -0.25) is 4.40 Å². The second-order valence-corrected chi connectivity index (χ2v) is 6.90. The molecule has 4 rings (SSSR count). The molecule has 0 radical (unpaired) electrons. The van der Waals surface area contributed by atoms with Gasteiger partial charge in [-0.25, -0.2) is 0 Å². The van der Waals surface area contributed by atoms with Crippen LogP contribution in [0.15, 0.2) is 60.8 Å². The van der Waals surface area contributed by atoms with Gasteiger partial charge in [-0.2, -0.15) is 0 Å². The highest BCUT2D eigenvalue weighted by Crippen LogP contribution is 2.37. The lowest BCUT2D eigenvalue weighted by Crippen LogP contribution is -2.05. The van der Waals surface area contributed by atoms with E-state index in [1.54, 1.807) is 14.2 Å². The van der Waals surface area contributed by atoms with E-state index in [9.17, 15) is 0 Å². The van der Waals surface area contributed by atoms with Crippen molar-refractivity contribution in [3.63, 3.8) is 0 Å². The first-order valence-electron chi connectivity index (χ1n) is 9.44. The molecule has 0 spiro atoms. The zero-order valence-corrected chi connectivity index (χ0v) is 16.9. The molecule has 148 valence electrons. The lowest BCUT2D eigenvalue weighted by Gasteiger charge is -2.13. The normalized spacial score (nSPS) is 11.1. The predicted molar refractivity (Wildman–Crippen MR) is 113 cm³/mol. The number of aromatic nitrogens is 3. The molecule has 0 amide bonds. The molecular formula is C23H23N3O3. The first-order valence-corrected chi connectivity index (χ1v) is 9.44. The molecule has 0 aliphatic rings. The number of rotatable bonds is 6. The Morgan fingerprint density at radius 3 is 2.24 bits per heavy atom. The van der Waals surface area contributed by atoms with E-state index in [-0.39, 0.29) is 6.10 Å². The summed E-state index contributed by atoms with van der Waals surface area (Å²) in [7, 11) is 3.26. The van der Waals surface area contributed by atoms with Gasteiger partial charge in [0.2, 0.25) is 0 Å². The molecule has 2 heterocycles. The van der Waals surface area contributed by atoms with Gasteiger partial charge in [0.25, 0.3) is 0 Å². The fourth-order valence-corrected chi connectivity index (χ4v) is 3.32. The maximum absolute atomic E-state index is 5.84. The Balaban J connectivity index is 1.85. The first kappa shape index (κ1) is 18.8. The Hall–Kier alpha value is -3.54. The minimum absolute atomic E-state index is 0.121. The van der Waals surface area contributed by atoms with E-state index in [4.69, 9.17) is 14.2 Å². The summed E-state index contributed by atoms with van der Waals surface area (Å²) in [5.41, 5.74) is 3.59. The van der Waals surface area contributed by atoms with Crippen molar-refractivity contribution in [1.29, 1.82) is 0 Å². The Bertz CT molecular complexity index is 1130. The van der Waals surface area contributed by atoms with Crippen LogP contribution in [0.3, 0.4) is 0 Å². The maximum Gasteiger partial charge on any atom is 0.175 e. The van der Waals surface area contributed by atoms with Crippen LogP contribution in [0.25, 0.3) is 28.2 Å². The average molecular weight is 389 g/mol. The number of fused-ring (bicyclic) bond motifs is 1. The minimum Gasteiger partial charge on any atom is -0.496 e. The van der Waals surface area contributed by atoms with Gasteiger partial charge < -0.3 is 14.2 Å². The minimum atomic E-state index is 0.121. The van der Waals surface area contributed by atoms with Gasteiger partial charge in [0.05, 0.1) is 20.3 Å². The third kappa shape index (κ3) is 3.61. The molecule has 2 aromatic heterocycles. The Morgan fingerprint density at radius 2 is 1.55 bits per heavy atom. The SMILES string of the molecule is COc1cccc(OC)c1-c1nnc2ccc(-c3cccc(OC(C)C)c3)cn12. The van der Waals surface area contributed by atoms with Crippen LogP contribution in [-0.4, -0.2) is 34.9 Å². The predicted octanol–water partition coefficient (Wildman–Crippen LogP) is 4.87. The molecule has 0 saturated carbocycles. The molecule has 4 aromatic rings. The fraction of sp³-hybridized carbons (Fsp3) is 0.217. The summed E-state index contributed by atoms with van der Waals surface area (Å²) in [4.78, 5) is 0. The second-order valence-electron chi connectivity index (χ2n) is 6.90. The second kappa shape index (κ2) is 7.83. The van der Waals surface area contributed by atoms with Crippen LogP contribution in [0.5, 0.6) is 17.2 Å². The molecule has 0 atom stereocenters. The maximum atomic E-state index is 5.84. The lowest BCUT2D eigenvalue weighted by molar-refractivity contribution is 0.242. The summed E-state index contributed by atoms with van der Waals surface area (Å²) in [6, 6.07) is 17.7. The third-order valence-electron chi connectivity index (χ3n) is 4.59. The van der Waals surface area contributed by atoms with E-state index >= 15 is 0 Å². The molecule has 6 heteroatoms. The van der Waals surface area contributed by atoms with Gasteiger partial charge in [-0.1, -0.05) is 18.2 Å². The smallest absolute Gasteiger partial charge is 0.175 e. The average Bonchev–Trinajstić information content (AvgIpc) is 3.15. The van der Waals surface area contributed by atoms with Crippen molar-refractivity contribution in [3.05, 3.63) is 60.8 Å². The van der Waals surface area contributed by atoms with Gasteiger partial charge >= 0.3 is 0 Å². The van der Waals surface area contributed by atoms with Gasteiger partial charge in [0.15, 0.2) is 11.5 Å². The van der Waals surface area contributed by atoms with Crippen molar-refractivity contribution >= 4 is 5.65 Å². The van der Waals surface area contributed by atoms with E-state index in [1.807, 2.05) is 73.0 Å². The van der Waals surface area contributed by atoms with Crippen LogP contribution in [0, 0.1) is 0 Å². The van der Waals surface area contributed by atoms with E-state index in [2.05, 4.69) is 16.3 Å². The summed E-state index contributed by atoms with van der Waals surface area (Å²) in [5, 5.41) is 8.72. The summed E-state index contributed by atoms with van der Waals surface area (Å²) in [6.07, 6.45) is 2.14. The molecule has 0 bridgehead atoms. The lowest BCUT2D eigenvalue weighted by atomic mass is 10.1. The summed E-state index contributed by atoms with van der Waals surface area (Å²) in [6.45, 7) is 4.03. The number of methoxy groups -OCH3 is 2. The molecule has 0 aliphatic heterocycles. The van der Waals surface area contributed by atoms with Gasteiger partial charge in [-0.05, 0) is 61.4 Å². The highest BCUT2D eigenvalue weighted by molar-refractivity contribution is 5.75. The van der Waals surface area contributed by atoms with Crippen LogP contribution >= 0.6 is 0 Å². The summed E-state index contributed by atoms with van der Waals surface area (Å²) < 4.78 is 18.9. The van der Waals surface area contributed by atoms with Crippen molar-refractivity contribution in [1.82, 2.24) is 14.6 Å². The topological polar surface area (TPSA) is 57.9 Å². The number of nitrogens with zero attached hydrogens (tertiary/aromatic N) is 3. The summed E-state index contributed by atoms with van der Waals surface area (Å²) >= 11 is 0. The van der Waals surface area contributed by atoms with Crippen molar-refractivity contribution in [2.45, 2.75) is 20.0 Å². The zero-order valence-electron chi connectivity index (χ0n) is 16.9. The van der Waals surface area contributed by atoms with Crippen LogP contribution < -0.4 is 14.2 Å². The largest absolute Gasteiger partial charge is 0.496 e. The van der Waals surface area contributed by atoms with Gasteiger partial charge in [-0.15, -0.1) is 10.2 Å². The molecule has 0 N–H and O–H groups in total. The van der Waals surface area contributed by atoms with Crippen LogP contribution in [-0.2, 0) is 0 Å². The van der Waals surface area contributed by atoms with Crippen LogP contribution in [0.4, 0.5) is 0 Å². The third-order valence-corrected chi connectivity index (χ3v) is 4.59. The molecule has 0 unspecified atom stereocenters. The quantitative estimate of drug-likeness (QED) is 0.471. The monoisotopic (exact) mass is 389 g/mol. The number of hydrogen-bond acceptors (Lipinski definition) is 5. The Labute approximate surface area is 169 Å². The van der Waals surface area contributed by atoms with Crippen LogP contribution in [0.1, 0.15) is 13.8 Å². The Morgan fingerprint density at radius 1 is 0.828 bits per heavy atom. The van der Waals surface area contributed by atoms with Gasteiger partial charge in [0, 0.05) is 6.20 Å². The highest BCUT2D eigenvalue weighted by Gasteiger charge is 2.18. The number of benzene rings is 2.